The van der Waals surface area contributed by atoms with Crippen LogP contribution in [0.15, 0.2) is 24.3 Å². The van der Waals surface area contributed by atoms with Gasteiger partial charge in [0.1, 0.15) is 0 Å². The van der Waals surface area contributed by atoms with Crippen LogP contribution in [0.5, 0.6) is 0 Å². The smallest absolute Gasteiger partial charge is 0.0314 e. The molecule has 0 radical (unpaired) electrons. The first kappa shape index (κ1) is 7.95. The zero-order chi connectivity index (χ0) is 5.98. The summed E-state index contributed by atoms with van der Waals surface area (Å²) in [7, 11) is 0. The van der Waals surface area contributed by atoms with Gasteiger partial charge in [-0.25, -0.2) is 0 Å². The number of anilines is 1. The second kappa shape index (κ2) is 3.07. The van der Waals surface area contributed by atoms with Crippen LogP contribution in [-0.4, -0.2) is 0 Å². The molecule has 2 N–H and O–H groups in total. The number of benzene rings is 1. The molecule has 0 fully saturated rings. The highest BCUT2D eigenvalue weighted by atomic mass is 19.0. The third kappa shape index (κ3) is 2.13. The summed E-state index contributed by atoms with van der Waals surface area (Å²) in [6.45, 7) is 2.04. The van der Waals surface area contributed by atoms with Crippen LogP contribution >= 0.6 is 0 Å². The number of hydrogen-bond donors (Lipinski definition) is 1. The average Bonchev–Trinajstić information content (AvgIpc) is 1.77. The van der Waals surface area contributed by atoms with Crippen molar-refractivity contribution in [1.29, 1.82) is 0 Å². The molecule has 50 valence electrons. The van der Waals surface area contributed by atoms with Crippen molar-refractivity contribution in [3.05, 3.63) is 29.8 Å². The fourth-order valence-corrected chi connectivity index (χ4v) is 0.566. The summed E-state index contributed by atoms with van der Waals surface area (Å²) >= 11 is 0. The molecule has 1 nitrogen and oxygen atoms in total. The topological polar surface area (TPSA) is 26.0 Å². The quantitative estimate of drug-likeness (QED) is 0.528. The Balaban J connectivity index is 0.000000640. The molecule has 9 heavy (non-hydrogen) atoms. The highest BCUT2D eigenvalue weighted by molar-refractivity contribution is 5.38. The van der Waals surface area contributed by atoms with Crippen molar-refractivity contribution in [1.82, 2.24) is 0 Å². The third-order valence-electron chi connectivity index (χ3n) is 1.08. The molecule has 0 bridgehead atoms. The molecule has 2 heteroatoms. The molecule has 0 spiro atoms. The summed E-state index contributed by atoms with van der Waals surface area (Å²) < 4.78 is 0. The van der Waals surface area contributed by atoms with Gasteiger partial charge in [-0.1, -0.05) is 17.7 Å². The van der Waals surface area contributed by atoms with Gasteiger partial charge in [-0.3, -0.25) is 4.70 Å². The molecule has 1 rings (SSSR count). The number of hydrogen-bond acceptors (Lipinski definition) is 1. The van der Waals surface area contributed by atoms with Crippen LogP contribution in [0.1, 0.15) is 5.56 Å². The molecule has 0 aliphatic rings. The predicted molar refractivity (Wildman–Crippen MR) is 38.1 cm³/mol. The van der Waals surface area contributed by atoms with Gasteiger partial charge in [0.2, 0.25) is 0 Å². The van der Waals surface area contributed by atoms with E-state index in [2.05, 4.69) is 0 Å². The summed E-state index contributed by atoms with van der Waals surface area (Å²) in [4.78, 5) is 0. The van der Waals surface area contributed by atoms with Gasteiger partial charge < -0.3 is 5.73 Å². The number of rotatable bonds is 0. The zero-order valence-corrected chi connectivity index (χ0v) is 5.29. The van der Waals surface area contributed by atoms with Crippen molar-refractivity contribution in [2.45, 2.75) is 6.92 Å². The second-order valence-electron chi connectivity index (χ2n) is 1.91. The van der Waals surface area contributed by atoms with E-state index in [1.807, 2.05) is 31.2 Å². The third-order valence-corrected chi connectivity index (χ3v) is 1.08. The maximum Gasteiger partial charge on any atom is 0.0314 e. The molecular weight excluding hydrogens is 117 g/mol. The number of aryl methyl sites for hydroxylation is 1. The summed E-state index contributed by atoms with van der Waals surface area (Å²) in [5, 5.41) is 0. The Morgan fingerprint density at radius 2 is 1.56 bits per heavy atom. The number of nitrogens with two attached hydrogens (primary N) is 1. The molecule has 0 amide bonds. The lowest BCUT2D eigenvalue weighted by atomic mass is 10.2. The Morgan fingerprint density at radius 1 is 1.11 bits per heavy atom. The van der Waals surface area contributed by atoms with Crippen LogP contribution in [0.25, 0.3) is 0 Å². The van der Waals surface area contributed by atoms with Gasteiger partial charge >= 0.3 is 0 Å². The Morgan fingerprint density at radius 3 is 1.89 bits per heavy atom. The first-order chi connectivity index (χ1) is 3.79. The molecule has 1 aromatic rings. The first-order valence-electron chi connectivity index (χ1n) is 2.61. The number of halogens is 1. The van der Waals surface area contributed by atoms with Gasteiger partial charge in [0, 0.05) is 5.69 Å². The lowest BCUT2D eigenvalue weighted by Crippen LogP contribution is -1.81. The molecule has 0 heterocycles. The van der Waals surface area contributed by atoms with E-state index in [0.717, 1.165) is 5.69 Å². The average molecular weight is 127 g/mol. The largest absolute Gasteiger partial charge is 0.399 e. The second-order valence-corrected chi connectivity index (χ2v) is 1.91. The van der Waals surface area contributed by atoms with Crippen LogP contribution in [0, 0.1) is 6.92 Å². The van der Waals surface area contributed by atoms with Crippen molar-refractivity contribution in [3.8, 4) is 0 Å². The molecule has 0 saturated heterocycles. The minimum absolute atomic E-state index is 0. The zero-order valence-electron chi connectivity index (χ0n) is 5.29. The fourth-order valence-electron chi connectivity index (χ4n) is 0.566. The molecule has 0 saturated carbocycles. The van der Waals surface area contributed by atoms with Crippen molar-refractivity contribution >= 4 is 5.69 Å². The van der Waals surface area contributed by atoms with E-state index in [0.29, 0.717) is 0 Å². The molecule has 0 aliphatic carbocycles. The number of nitrogen functional groups attached to an aromatic ring is 1. The van der Waals surface area contributed by atoms with Crippen LogP contribution in [0.2, 0.25) is 0 Å². The molecule has 0 unspecified atom stereocenters. The van der Waals surface area contributed by atoms with E-state index in [1.54, 1.807) is 0 Å². The normalized spacial score (nSPS) is 8.11. The Bertz CT molecular complexity index is 148. The fraction of sp³-hybridized carbons (Fsp3) is 0.143. The lowest BCUT2D eigenvalue weighted by molar-refractivity contribution is 1.11. The first-order valence-corrected chi connectivity index (χ1v) is 2.61. The van der Waals surface area contributed by atoms with Crippen LogP contribution in [0.3, 0.4) is 0 Å². The van der Waals surface area contributed by atoms with E-state index in [1.165, 1.54) is 5.56 Å². The maximum absolute atomic E-state index is 5.43. The Kier molecular flexibility index (Phi) is 2.71. The van der Waals surface area contributed by atoms with E-state index >= 15 is 0 Å². The van der Waals surface area contributed by atoms with Crippen molar-refractivity contribution < 1.29 is 4.70 Å². The Labute approximate surface area is 53.9 Å². The van der Waals surface area contributed by atoms with Crippen LogP contribution in [0.4, 0.5) is 10.4 Å². The lowest BCUT2D eigenvalue weighted by Gasteiger charge is -1.90. The van der Waals surface area contributed by atoms with Crippen molar-refractivity contribution in [2.24, 2.45) is 0 Å². The van der Waals surface area contributed by atoms with Gasteiger partial charge in [-0.15, -0.1) is 0 Å². The van der Waals surface area contributed by atoms with Crippen molar-refractivity contribution in [3.63, 3.8) is 0 Å². The van der Waals surface area contributed by atoms with Gasteiger partial charge in [-0.05, 0) is 19.1 Å². The van der Waals surface area contributed by atoms with Gasteiger partial charge in [0.05, 0.1) is 0 Å². The van der Waals surface area contributed by atoms with E-state index in [9.17, 15) is 0 Å². The Hall–Kier alpha value is -1.05. The van der Waals surface area contributed by atoms with Gasteiger partial charge in [0.25, 0.3) is 0 Å². The minimum atomic E-state index is 0. The van der Waals surface area contributed by atoms with E-state index in [-0.39, 0.29) is 4.70 Å². The van der Waals surface area contributed by atoms with Gasteiger partial charge in [-0.2, -0.15) is 0 Å². The standard InChI is InChI=1S/C7H9N.FH/c1-6-2-4-7(8)5-3-6;/h2-5H,8H2,1H3;1H. The van der Waals surface area contributed by atoms with Crippen LogP contribution in [-0.2, 0) is 0 Å². The maximum atomic E-state index is 5.43. The molecule has 0 aromatic heterocycles. The highest BCUT2D eigenvalue weighted by Crippen LogP contribution is 2.02. The summed E-state index contributed by atoms with van der Waals surface area (Å²) in [6.07, 6.45) is 0. The monoisotopic (exact) mass is 127 g/mol. The summed E-state index contributed by atoms with van der Waals surface area (Å²) in [5.74, 6) is 0. The highest BCUT2D eigenvalue weighted by Gasteiger charge is 1.80. The molecule has 0 aliphatic heterocycles. The van der Waals surface area contributed by atoms with E-state index in [4.69, 9.17) is 5.73 Å². The van der Waals surface area contributed by atoms with Crippen molar-refractivity contribution in [2.75, 3.05) is 5.73 Å². The van der Waals surface area contributed by atoms with E-state index < -0.39 is 0 Å². The molecule has 0 atom stereocenters. The summed E-state index contributed by atoms with van der Waals surface area (Å²) in [5.41, 5.74) is 7.51. The van der Waals surface area contributed by atoms with Crippen LogP contribution < -0.4 is 5.73 Å². The predicted octanol–water partition coefficient (Wildman–Crippen LogP) is 1.73. The SMILES string of the molecule is Cc1ccc(N)cc1.F. The summed E-state index contributed by atoms with van der Waals surface area (Å²) in [6, 6.07) is 7.79. The van der Waals surface area contributed by atoms with Gasteiger partial charge in [0.15, 0.2) is 0 Å². The molecule has 1 aromatic carbocycles. The minimum Gasteiger partial charge on any atom is -0.399 e. The molecular formula is C7H10FN.